The van der Waals surface area contributed by atoms with Gasteiger partial charge in [-0.15, -0.1) is 0 Å². The fourth-order valence-corrected chi connectivity index (χ4v) is 3.56. The number of allylic oxidation sites excluding steroid dienone is 5. The monoisotopic (exact) mass is 444 g/mol. The van der Waals surface area contributed by atoms with Crippen LogP contribution in [-0.2, 0) is 6.42 Å². The lowest BCUT2D eigenvalue weighted by atomic mass is 10.1. The van der Waals surface area contributed by atoms with Crippen molar-refractivity contribution in [2.75, 3.05) is 25.0 Å². The number of benzene rings is 1. The van der Waals surface area contributed by atoms with Gasteiger partial charge in [-0.25, -0.2) is 4.98 Å². The maximum absolute atomic E-state index is 5.54. The predicted molar refractivity (Wildman–Crippen MR) is 140 cm³/mol. The normalized spacial score (nSPS) is 13.8. The van der Waals surface area contributed by atoms with Crippen LogP contribution in [0.15, 0.2) is 77.7 Å². The van der Waals surface area contributed by atoms with Gasteiger partial charge in [-0.1, -0.05) is 31.2 Å². The molecule has 174 valence electrons. The van der Waals surface area contributed by atoms with Crippen molar-refractivity contribution in [2.45, 2.75) is 46.5 Å². The van der Waals surface area contributed by atoms with Crippen LogP contribution >= 0.6 is 0 Å². The predicted octanol–water partition coefficient (Wildman–Crippen LogP) is 6.17. The highest BCUT2D eigenvalue weighted by molar-refractivity contribution is 6.05. The van der Waals surface area contributed by atoms with Gasteiger partial charge < -0.3 is 15.4 Å². The Morgan fingerprint density at radius 1 is 1.09 bits per heavy atom. The maximum Gasteiger partial charge on any atom is 0.213 e. The molecule has 0 radical (unpaired) electrons. The highest BCUT2D eigenvalue weighted by atomic mass is 16.5. The van der Waals surface area contributed by atoms with E-state index >= 15 is 0 Å². The number of aryl methyl sites for hydroxylation is 1. The van der Waals surface area contributed by atoms with E-state index in [4.69, 9.17) is 4.74 Å². The second-order valence-electron chi connectivity index (χ2n) is 8.09. The fourth-order valence-electron chi connectivity index (χ4n) is 3.56. The summed E-state index contributed by atoms with van der Waals surface area (Å²) in [5, 5.41) is 7.03. The first-order valence-corrected chi connectivity index (χ1v) is 12.0. The van der Waals surface area contributed by atoms with Gasteiger partial charge in [0.15, 0.2) is 0 Å². The molecule has 3 rings (SSSR count). The molecule has 2 N–H and O–H groups in total. The number of hydrogen-bond donors (Lipinski definition) is 2. The Balaban J connectivity index is 1.68. The molecule has 0 amide bonds. The van der Waals surface area contributed by atoms with Crippen molar-refractivity contribution in [1.29, 1.82) is 0 Å². The summed E-state index contributed by atoms with van der Waals surface area (Å²) in [6.45, 7) is 9.03. The quantitative estimate of drug-likeness (QED) is 0.286. The summed E-state index contributed by atoms with van der Waals surface area (Å²) >= 11 is 0. The molecule has 0 spiro atoms. The SMILES string of the molecule is CCCNCCCc1ccc(N/C(=C/C=C(\C)c2ccnc(OCC)c2)C2=NC=CC2)cc1. The maximum atomic E-state index is 5.54. The molecule has 2 heterocycles. The van der Waals surface area contributed by atoms with Crippen molar-refractivity contribution in [3.05, 3.63) is 83.8 Å². The smallest absolute Gasteiger partial charge is 0.213 e. The van der Waals surface area contributed by atoms with Gasteiger partial charge in [0.25, 0.3) is 0 Å². The van der Waals surface area contributed by atoms with Crippen molar-refractivity contribution >= 4 is 17.0 Å². The number of aliphatic imine (C=N–C) groups is 1. The zero-order chi connectivity index (χ0) is 23.3. The van der Waals surface area contributed by atoms with Crippen molar-refractivity contribution in [1.82, 2.24) is 10.3 Å². The molecular formula is C28H36N4O. The van der Waals surface area contributed by atoms with E-state index in [0.717, 1.165) is 60.6 Å². The van der Waals surface area contributed by atoms with E-state index in [1.807, 2.05) is 25.3 Å². The lowest BCUT2D eigenvalue weighted by molar-refractivity contribution is 0.327. The molecule has 1 aromatic carbocycles. The van der Waals surface area contributed by atoms with E-state index in [9.17, 15) is 0 Å². The molecule has 1 aliphatic rings. The lowest BCUT2D eigenvalue weighted by Gasteiger charge is -2.12. The first kappa shape index (κ1) is 24.5. The summed E-state index contributed by atoms with van der Waals surface area (Å²) in [4.78, 5) is 8.80. The van der Waals surface area contributed by atoms with Gasteiger partial charge in [-0.3, -0.25) is 4.99 Å². The molecular weight excluding hydrogens is 408 g/mol. The third-order valence-corrected chi connectivity index (χ3v) is 5.42. The molecule has 2 aromatic rings. The molecule has 0 bridgehead atoms. The average Bonchev–Trinajstić information content (AvgIpc) is 3.38. The largest absolute Gasteiger partial charge is 0.478 e. The number of rotatable bonds is 13. The van der Waals surface area contributed by atoms with Crippen LogP contribution in [0.5, 0.6) is 5.88 Å². The van der Waals surface area contributed by atoms with Crippen LogP contribution in [0.2, 0.25) is 0 Å². The number of pyridine rings is 1. The molecule has 5 nitrogen and oxygen atoms in total. The van der Waals surface area contributed by atoms with Gasteiger partial charge in [-0.05, 0) is 87.2 Å². The van der Waals surface area contributed by atoms with Crippen LogP contribution in [0.1, 0.15) is 51.2 Å². The first-order chi connectivity index (χ1) is 16.2. The summed E-state index contributed by atoms with van der Waals surface area (Å²) < 4.78 is 5.54. The number of aromatic nitrogens is 1. The standard InChI is InChI=1S/C28H36N4O/c1-4-17-29-18-6-8-23-11-13-25(14-12-23)32-27(26-9-7-19-30-26)15-10-22(3)24-16-20-31-28(21-24)33-5-2/h7,10-16,19-21,29,32H,4-6,8-9,17-18H2,1-3H3/b22-10+,27-15+. The minimum Gasteiger partial charge on any atom is -0.478 e. The summed E-state index contributed by atoms with van der Waals surface area (Å²) in [5.74, 6) is 0.649. The summed E-state index contributed by atoms with van der Waals surface area (Å²) in [7, 11) is 0. The van der Waals surface area contributed by atoms with E-state index in [0.29, 0.717) is 12.5 Å². The topological polar surface area (TPSA) is 58.5 Å². The Hall–Kier alpha value is -3.18. The Morgan fingerprint density at radius 3 is 2.67 bits per heavy atom. The second kappa shape index (κ2) is 13.4. The molecule has 5 heteroatoms. The van der Waals surface area contributed by atoms with Crippen LogP contribution in [0, 0.1) is 0 Å². The highest BCUT2D eigenvalue weighted by Crippen LogP contribution is 2.20. The molecule has 1 aromatic heterocycles. The molecule has 0 aliphatic carbocycles. The fraction of sp³-hybridized carbons (Fsp3) is 0.357. The highest BCUT2D eigenvalue weighted by Gasteiger charge is 2.09. The van der Waals surface area contributed by atoms with Crippen LogP contribution in [-0.4, -0.2) is 30.4 Å². The van der Waals surface area contributed by atoms with Gasteiger partial charge >= 0.3 is 0 Å². The number of hydrogen-bond acceptors (Lipinski definition) is 5. The zero-order valence-corrected chi connectivity index (χ0v) is 20.1. The van der Waals surface area contributed by atoms with E-state index in [1.165, 1.54) is 12.0 Å². The molecule has 0 fully saturated rings. The summed E-state index contributed by atoms with van der Waals surface area (Å²) in [5.41, 5.74) is 6.70. The number of nitrogens with one attached hydrogen (secondary N) is 2. The summed E-state index contributed by atoms with van der Waals surface area (Å²) in [6, 6.07) is 12.7. The second-order valence-corrected chi connectivity index (χ2v) is 8.09. The number of ether oxygens (including phenoxy) is 1. The van der Waals surface area contributed by atoms with Gasteiger partial charge in [0, 0.05) is 30.6 Å². The Labute approximate surface area is 198 Å². The van der Waals surface area contributed by atoms with E-state index in [2.05, 4.69) is 77.0 Å². The van der Waals surface area contributed by atoms with Crippen molar-refractivity contribution in [2.24, 2.45) is 4.99 Å². The average molecular weight is 445 g/mol. The van der Waals surface area contributed by atoms with Gasteiger partial charge in [0.2, 0.25) is 5.88 Å². The molecule has 0 atom stereocenters. The number of anilines is 1. The minimum absolute atomic E-state index is 0.606. The lowest BCUT2D eigenvalue weighted by Crippen LogP contribution is -2.16. The van der Waals surface area contributed by atoms with Crippen LogP contribution in [0.25, 0.3) is 5.57 Å². The third-order valence-electron chi connectivity index (χ3n) is 5.42. The molecule has 1 aliphatic heterocycles. The Morgan fingerprint density at radius 2 is 1.94 bits per heavy atom. The first-order valence-electron chi connectivity index (χ1n) is 12.0. The van der Waals surface area contributed by atoms with Crippen molar-refractivity contribution in [3.63, 3.8) is 0 Å². The van der Waals surface area contributed by atoms with E-state index in [-0.39, 0.29) is 0 Å². The molecule has 0 unspecified atom stereocenters. The van der Waals surface area contributed by atoms with Crippen LogP contribution in [0.4, 0.5) is 5.69 Å². The number of nitrogens with zero attached hydrogens (tertiary/aromatic N) is 2. The van der Waals surface area contributed by atoms with E-state index < -0.39 is 0 Å². The van der Waals surface area contributed by atoms with E-state index in [1.54, 1.807) is 6.20 Å². The molecule has 33 heavy (non-hydrogen) atoms. The summed E-state index contributed by atoms with van der Waals surface area (Å²) in [6.07, 6.45) is 14.2. The van der Waals surface area contributed by atoms with Crippen LogP contribution < -0.4 is 15.4 Å². The molecule has 0 saturated carbocycles. The third kappa shape index (κ3) is 8.03. The molecule has 0 saturated heterocycles. The minimum atomic E-state index is 0.606. The Bertz CT molecular complexity index is 1000. The Kier molecular flexibility index (Phi) is 9.92. The van der Waals surface area contributed by atoms with Crippen molar-refractivity contribution in [3.8, 4) is 5.88 Å². The van der Waals surface area contributed by atoms with Gasteiger partial charge in [0.1, 0.15) is 0 Å². The van der Waals surface area contributed by atoms with Gasteiger partial charge in [0.05, 0.1) is 18.0 Å². The van der Waals surface area contributed by atoms with Crippen molar-refractivity contribution < 1.29 is 4.74 Å². The van der Waals surface area contributed by atoms with Gasteiger partial charge in [-0.2, -0.15) is 0 Å². The van der Waals surface area contributed by atoms with Crippen LogP contribution in [0.3, 0.4) is 0 Å². The zero-order valence-electron chi connectivity index (χ0n) is 20.1.